The van der Waals surface area contributed by atoms with Crippen molar-refractivity contribution < 1.29 is 19.2 Å². The van der Waals surface area contributed by atoms with Crippen molar-refractivity contribution in [1.82, 2.24) is 4.90 Å². The van der Waals surface area contributed by atoms with Gasteiger partial charge in [0.2, 0.25) is 0 Å². The van der Waals surface area contributed by atoms with Gasteiger partial charge in [0.05, 0.1) is 10.3 Å². The quantitative estimate of drug-likeness (QED) is 0.482. The number of hydrogen-bond donors (Lipinski definition) is 0. The number of fused-ring (bicyclic) bond motifs is 1. The fourth-order valence-electron chi connectivity index (χ4n) is 3.70. The Morgan fingerprint density at radius 3 is 2.50 bits per heavy atom. The minimum absolute atomic E-state index is 0.00970. The van der Waals surface area contributed by atoms with Crippen molar-refractivity contribution in [2.24, 2.45) is 11.8 Å². The van der Waals surface area contributed by atoms with E-state index in [1.54, 1.807) is 37.8 Å². The number of nitro groups is 1. The van der Waals surface area contributed by atoms with Gasteiger partial charge in [0.15, 0.2) is 0 Å². The molecule has 0 N–H and O–H groups in total. The average molecular weight is 332 g/mol. The fourth-order valence-corrected chi connectivity index (χ4v) is 3.70. The molecule has 7 heteroatoms. The first-order valence-corrected chi connectivity index (χ1v) is 7.88. The standard InChI is InChI=1S/C17H20N2O5/c1-16(2,3)24-15(21)18-8-13-14(9-18)17(13,10-20)11-5-4-6-12(7-11)19(22)23/h4-7,10,13-14H,8-9H2,1-3H3/t13-,14+,17+. The first-order chi connectivity index (χ1) is 11.2. The van der Waals surface area contributed by atoms with E-state index in [-0.39, 0.29) is 23.6 Å². The number of piperidine rings is 1. The lowest BCUT2D eigenvalue weighted by Gasteiger charge is -2.27. The molecule has 1 aromatic rings. The monoisotopic (exact) mass is 332 g/mol. The Labute approximate surface area is 139 Å². The Kier molecular flexibility index (Phi) is 3.62. The Morgan fingerprint density at radius 2 is 2.00 bits per heavy atom. The molecular formula is C17H20N2O5. The van der Waals surface area contributed by atoms with Crippen molar-refractivity contribution in [3.8, 4) is 0 Å². The summed E-state index contributed by atoms with van der Waals surface area (Å²) in [5, 5.41) is 11.0. The predicted molar refractivity (Wildman–Crippen MR) is 85.6 cm³/mol. The minimum atomic E-state index is -0.718. The Morgan fingerprint density at radius 1 is 1.38 bits per heavy atom. The second-order valence-corrected chi connectivity index (χ2v) is 7.46. The van der Waals surface area contributed by atoms with E-state index in [1.165, 1.54) is 12.1 Å². The van der Waals surface area contributed by atoms with E-state index in [0.717, 1.165) is 6.29 Å². The lowest BCUT2D eigenvalue weighted by molar-refractivity contribution is -0.384. The van der Waals surface area contributed by atoms with Crippen molar-refractivity contribution in [1.29, 1.82) is 0 Å². The number of nitrogens with zero attached hydrogens (tertiary/aromatic N) is 2. The highest BCUT2D eigenvalue weighted by Gasteiger charge is 2.70. The molecule has 24 heavy (non-hydrogen) atoms. The van der Waals surface area contributed by atoms with Gasteiger partial charge in [0, 0.05) is 25.2 Å². The van der Waals surface area contributed by atoms with E-state index < -0.39 is 15.9 Å². The van der Waals surface area contributed by atoms with Crippen molar-refractivity contribution in [2.45, 2.75) is 31.8 Å². The molecular weight excluding hydrogens is 312 g/mol. The molecule has 7 nitrogen and oxygen atoms in total. The van der Waals surface area contributed by atoms with Crippen molar-refractivity contribution in [3.63, 3.8) is 0 Å². The summed E-state index contributed by atoms with van der Waals surface area (Å²) in [5.74, 6) is -0.0194. The van der Waals surface area contributed by atoms with E-state index in [9.17, 15) is 19.7 Å². The fraction of sp³-hybridized carbons (Fsp3) is 0.529. The van der Waals surface area contributed by atoms with Crippen LogP contribution in [-0.4, -0.2) is 40.9 Å². The smallest absolute Gasteiger partial charge is 0.410 e. The molecule has 0 spiro atoms. The van der Waals surface area contributed by atoms with E-state index in [2.05, 4.69) is 0 Å². The molecule has 2 aliphatic rings. The number of amides is 1. The first kappa shape index (κ1) is 16.4. The van der Waals surface area contributed by atoms with E-state index >= 15 is 0 Å². The number of benzene rings is 1. The second kappa shape index (κ2) is 5.29. The van der Waals surface area contributed by atoms with E-state index in [1.807, 2.05) is 0 Å². The topological polar surface area (TPSA) is 89.8 Å². The second-order valence-electron chi connectivity index (χ2n) is 7.46. The van der Waals surface area contributed by atoms with Gasteiger partial charge < -0.3 is 14.4 Å². The largest absolute Gasteiger partial charge is 0.444 e. The van der Waals surface area contributed by atoms with Gasteiger partial charge in [-0.15, -0.1) is 0 Å². The van der Waals surface area contributed by atoms with Gasteiger partial charge in [-0.3, -0.25) is 10.1 Å². The summed E-state index contributed by atoms with van der Waals surface area (Å²) >= 11 is 0. The summed E-state index contributed by atoms with van der Waals surface area (Å²) in [6.07, 6.45) is 0.502. The SMILES string of the molecule is CC(C)(C)OC(=O)N1C[C@@H]2[C@H](C1)[C@@]2(C=O)c1cccc([N+](=O)[O-])c1. The van der Waals surface area contributed by atoms with Crippen LogP contribution in [0.25, 0.3) is 0 Å². The van der Waals surface area contributed by atoms with Crippen LogP contribution in [-0.2, 0) is 14.9 Å². The van der Waals surface area contributed by atoms with Gasteiger partial charge >= 0.3 is 6.09 Å². The third-order valence-electron chi connectivity index (χ3n) is 4.84. The number of hydrogen-bond acceptors (Lipinski definition) is 5. The van der Waals surface area contributed by atoms with E-state index in [4.69, 9.17) is 4.74 Å². The Hall–Kier alpha value is -2.44. The molecule has 2 fully saturated rings. The van der Waals surface area contributed by atoms with Gasteiger partial charge in [0.25, 0.3) is 5.69 Å². The summed E-state index contributed by atoms with van der Waals surface area (Å²) in [5.41, 5.74) is -0.649. The minimum Gasteiger partial charge on any atom is -0.444 e. The van der Waals surface area contributed by atoms with Crippen LogP contribution in [0.2, 0.25) is 0 Å². The van der Waals surface area contributed by atoms with Crippen LogP contribution < -0.4 is 0 Å². The normalized spacial score (nSPS) is 28.2. The third-order valence-corrected chi connectivity index (χ3v) is 4.84. The molecule has 1 saturated carbocycles. The summed E-state index contributed by atoms with van der Waals surface area (Å²) in [4.78, 5) is 36.0. The number of nitro benzene ring substituents is 1. The van der Waals surface area contributed by atoms with Gasteiger partial charge in [-0.25, -0.2) is 4.79 Å². The molecule has 0 aromatic heterocycles. The maximum absolute atomic E-state index is 12.1. The molecule has 3 rings (SSSR count). The summed E-state index contributed by atoms with van der Waals surface area (Å²) in [6, 6.07) is 6.22. The number of carbonyl (C=O) groups excluding carboxylic acids is 2. The third kappa shape index (κ3) is 2.53. The number of non-ortho nitro benzene ring substituents is 1. The molecule has 128 valence electrons. The van der Waals surface area contributed by atoms with Crippen molar-refractivity contribution in [2.75, 3.05) is 13.1 Å². The molecule has 0 bridgehead atoms. The number of ether oxygens (including phenoxy) is 1. The maximum Gasteiger partial charge on any atom is 0.410 e. The number of rotatable bonds is 3. The van der Waals surface area contributed by atoms with E-state index in [0.29, 0.717) is 18.7 Å². The molecule has 1 aliphatic heterocycles. The van der Waals surface area contributed by atoms with Crippen molar-refractivity contribution >= 4 is 18.1 Å². The first-order valence-electron chi connectivity index (χ1n) is 7.88. The summed E-state index contributed by atoms with van der Waals surface area (Å²) < 4.78 is 5.36. The summed E-state index contributed by atoms with van der Waals surface area (Å²) in [6.45, 7) is 6.28. The van der Waals surface area contributed by atoms with Gasteiger partial charge in [0.1, 0.15) is 11.9 Å². The van der Waals surface area contributed by atoms with Crippen LogP contribution in [0.4, 0.5) is 10.5 Å². The highest BCUT2D eigenvalue weighted by atomic mass is 16.6. The highest BCUT2D eigenvalue weighted by Crippen LogP contribution is 2.62. The molecule has 1 aromatic carbocycles. The Balaban J connectivity index is 1.76. The van der Waals surface area contributed by atoms with Crippen LogP contribution in [0.3, 0.4) is 0 Å². The van der Waals surface area contributed by atoms with Gasteiger partial charge in [-0.05, 0) is 38.2 Å². The average Bonchev–Trinajstić information content (AvgIpc) is 2.87. The predicted octanol–water partition coefficient (Wildman–Crippen LogP) is 2.53. The van der Waals surface area contributed by atoms with Crippen LogP contribution in [0, 0.1) is 22.0 Å². The van der Waals surface area contributed by atoms with Crippen molar-refractivity contribution in [3.05, 3.63) is 39.9 Å². The van der Waals surface area contributed by atoms with Crippen LogP contribution in [0.15, 0.2) is 24.3 Å². The highest BCUT2D eigenvalue weighted by molar-refractivity contribution is 5.79. The summed E-state index contributed by atoms with van der Waals surface area (Å²) in [7, 11) is 0. The molecule has 0 unspecified atom stereocenters. The molecule has 3 atom stereocenters. The molecule has 1 saturated heterocycles. The van der Waals surface area contributed by atoms with Gasteiger partial charge in [-0.2, -0.15) is 0 Å². The van der Waals surface area contributed by atoms with Crippen LogP contribution in [0.5, 0.6) is 0 Å². The van der Waals surface area contributed by atoms with Gasteiger partial charge in [-0.1, -0.05) is 12.1 Å². The molecule has 0 radical (unpaired) electrons. The zero-order valence-corrected chi connectivity index (χ0v) is 13.9. The number of likely N-dealkylation sites (tertiary alicyclic amines) is 1. The molecule has 1 amide bonds. The zero-order valence-electron chi connectivity index (χ0n) is 13.9. The lowest BCUT2D eigenvalue weighted by atomic mass is 9.91. The van der Waals surface area contributed by atoms with Crippen LogP contribution in [0.1, 0.15) is 26.3 Å². The number of carbonyl (C=O) groups is 2. The zero-order chi connectivity index (χ0) is 17.7. The lowest BCUT2D eigenvalue weighted by Crippen LogP contribution is -2.39. The maximum atomic E-state index is 12.1. The molecule has 1 aliphatic carbocycles. The number of aldehydes is 1. The van der Waals surface area contributed by atoms with Crippen LogP contribution >= 0.6 is 0 Å². The Bertz CT molecular complexity index is 697. The molecule has 1 heterocycles.